The number of anilines is 1. The van der Waals surface area contributed by atoms with Crippen LogP contribution in [0.1, 0.15) is 19.4 Å². The van der Waals surface area contributed by atoms with Crippen molar-refractivity contribution in [3.8, 4) is 0 Å². The highest BCUT2D eigenvalue weighted by atomic mass is 35.5. The molecular weight excluding hydrogens is 253 g/mol. The maximum Gasteiger partial charge on any atom is 0.405 e. The minimum atomic E-state index is -4.26. The quantitative estimate of drug-likeness (QED) is 0.774. The normalized spacial score (nSPS) is 11.9. The van der Waals surface area contributed by atoms with E-state index in [2.05, 4.69) is 4.98 Å². The van der Waals surface area contributed by atoms with Gasteiger partial charge in [-0.2, -0.15) is 13.2 Å². The van der Waals surface area contributed by atoms with Gasteiger partial charge in [0.2, 0.25) is 0 Å². The van der Waals surface area contributed by atoms with Crippen molar-refractivity contribution in [2.45, 2.75) is 31.9 Å². The Morgan fingerprint density at radius 3 is 2.53 bits per heavy atom. The second kappa shape index (κ2) is 5.58. The van der Waals surface area contributed by atoms with Crippen molar-refractivity contribution in [2.75, 3.05) is 11.4 Å². The van der Waals surface area contributed by atoms with Crippen LogP contribution in [0.3, 0.4) is 0 Å². The lowest BCUT2D eigenvalue weighted by atomic mass is 10.2. The molecule has 0 aromatic carbocycles. The number of pyridine rings is 1. The highest BCUT2D eigenvalue weighted by molar-refractivity contribution is 6.17. The van der Waals surface area contributed by atoms with Gasteiger partial charge in [-0.3, -0.25) is 0 Å². The van der Waals surface area contributed by atoms with Crippen LogP contribution in [0.2, 0.25) is 0 Å². The van der Waals surface area contributed by atoms with E-state index in [0.29, 0.717) is 11.4 Å². The molecule has 1 heterocycles. The van der Waals surface area contributed by atoms with Crippen LogP contribution >= 0.6 is 11.6 Å². The molecule has 0 bridgehead atoms. The van der Waals surface area contributed by atoms with Crippen molar-refractivity contribution >= 4 is 17.4 Å². The molecular formula is C11H14ClF3N2. The first-order chi connectivity index (χ1) is 7.85. The Morgan fingerprint density at radius 1 is 1.41 bits per heavy atom. The summed E-state index contributed by atoms with van der Waals surface area (Å²) < 4.78 is 37.5. The third-order valence-corrected chi connectivity index (χ3v) is 2.54. The van der Waals surface area contributed by atoms with Crippen molar-refractivity contribution < 1.29 is 13.2 Å². The van der Waals surface area contributed by atoms with E-state index < -0.39 is 12.7 Å². The molecule has 1 aromatic rings. The van der Waals surface area contributed by atoms with Gasteiger partial charge in [0.1, 0.15) is 12.4 Å². The second-order valence-electron chi connectivity index (χ2n) is 3.96. The van der Waals surface area contributed by atoms with Crippen LogP contribution in [0.4, 0.5) is 19.0 Å². The molecule has 0 spiro atoms. The van der Waals surface area contributed by atoms with Crippen molar-refractivity contribution in [1.29, 1.82) is 0 Å². The number of rotatable bonds is 4. The highest BCUT2D eigenvalue weighted by Crippen LogP contribution is 2.26. The van der Waals surface area contributed by atoms with Gasteiger partial charge in [0.05, 0.1) is 5.88 Å². The smallest absolute Gasteiger partial charge is 0.345 e. The van der Waals surface area contributed by atoms with Crippen molar-refractivity contribution in [2.24, 2.45) is 0 Å². The van der Waals surface area contributed by atoms with E-state index in [1.807, 2.05) is 0 Å². The van der Waals surface area contributed by atoms with Gasteiger partial charge in [0.25, 0.3) is 0 Å². The summed E-state index contributed by atoms with van der Waals surface area (Å²) >= 11 is 5.70. The number of aromatic nitrogens is 1. The number of hydrogen-bond donors (Lipinski definition) is 0. The summed E-state index contributed by atoms with van der Waals surface area (Å²) in [4.78, 5) is 5.20. The van der Waals surface area contributed by atoms with E-state index >= 15 is 0 Å². The molecule has 0 aliphatic rings. The maximum absolute atomic E-state index is 12.5. The SMILES string of the molecule is CC(C)N(CC(F)(F)F)c1ncccc1CCl. The summed E-state index contributed by atoms with van der Waals surface area (Å²) in [5.41, 5.74) is 0.604. The molecule has 0 saturated heterocycles. The van der Waals surface area contributed by atoms with Gasteiger partial charge in [-0.25, -0.2) is 4.98 Å². The third-order valence-electron chi connectivity index (χ3n) is 2.26. The monoisotopic (exact) mass is 266 g/mol. The zero-order valence-electron chi connectivity index (χ0n) is 9.63. The first kappa shape index (κ1) is 14.1. The van der Waals surface area contributed by atoms with Crippen LogP contribution in [-0.2, 0) is 5.88 Å². The Kier molecular flexibility index (Phi) is 4.62. The van der Waals surface area contributed by atoms with Gasteiger partial charge in [-0.05, 0) is 19.9 Å². The second-order valence-corrected chi connectivity index (χ2v) is 4.22. The number of hydrogen-bond acceptors (Lipinski definition) is 2. The van der Waals surface area contributed by atoms with E-state index in [9.17, 15) is 13.2 Å². The summed E-state index contributed by atoms with van der Waals surface area (Å²) in [5.74, 6) is 0.444. The Hall–Kier alpha value is -0.970. The molecule has 1 aromatic heterocycles. The molecule has 2 nitrogen and oxygen atoms in total. The largest absolute Gasteiger partial charge is 0.405 e. The van der Waals surface area contributed by atoms with E-state index in [4.69, 9.17) is 11.6 Å². The minimum absolute atomic E-state index is 0.143. The van der Waals surface area contributed by atoms with E-state index in [-0.39, 0.29) is 11.9 Å². The molecule has 0 saturated carbocycles. The molecule has 0 atom stereocenters. The Balaban J connectivity index is 3.05. The van der Waals surface area contributed by atoms with Crippen LogP contribution < -0.4 is 4.90 Å². The highest BCUT2D eigenvalue weighted by Gasteiger charge is 2.33. The van der Waals surface area contributed by atoms with Crippen LogP contribution in [0.15, 0.2) is 18.3 Å². The molecule has 6 heteroatoms. The van der Waals surface area contributed by atoms with Crippen molar-refractivity contribution in [1.82, 2.24) is 4.98 Å². The molecule has 0 fully saturated rings. The predicted octanol–water partition coefficient (Wildman–Crippen LogP) is 3.60. The summed E-state index contributed by atoms with van der Waals surface area (Å²) in [5, 5.41) is 0. The van der Waals surface area contributed by atoms with Gasteiger partial charge in [0.15, 0.2) is 0 Å². The lowest BCUT2D eigenvalue weighted by molar-refractivity contribution is -0.120. The molecule has 0 unspecified atom stereocenters. The molecule has 0 aliphatic carbocycles. The summed E-state index contributed by atoms with van der Waals surface area (Å²) in [6.45, 7) is 2.36. The maximum atomic E-state index is 12.5. The average molecular weight is 267 g/mol. The number of halogens is 4. The molecule has 1 rings (SSSR count). The lowest BCUT2D eigenvalue weighted by Crippen LogP contribution is -2.40. The van der Waals surface area contributed by atoms with Crippen LogP contribution in [-0.4, -0.2) is 23.7 Å². The standard InChI is InChI=1S/C11H14ClF3N2/c1-8(2)17(7-11(13,14)15)10-9(6-12)4-3-5-16-10/h3-5,8H,6-7H2,1-2H3. The van der Waals surface area contributed by atoms with Gasteiger partial charge in [-0.1, -0.05) is 6.07 Å². The van der Waals surface area contributed by atoms with Crippen LogP contribution in [0.25, 0.3) is 0 Å². The van der Waals surface area contributed by atoms with E-state index in [1.54, 1.807) is 26.0 Å². The van der Waals surface area contributed by atoms with Gasteiger partial charge in [-0.15, -0.1) is 11.6 Å². The summed E-state index contributed by atoms with van der Waals surface area (Å²) in [6.07, 6.45) is -2.79. The first-order valence-corrected chi connectivity index (χ1v) is 5.72. The Bertz CT molecular complexity index is 366. The summed E-state index contributed by atoms with van der Waals surface area (Å²) in [6, 6.07) is 3.04. The van der Waals surface area contributed by atoms with E-state index in [0.717, 1.165) is 0 Å². The average Bonchev–Trinajstić information content (AvgIpc) is 2.24. The number of nitrogens with zero attached hydrogens (tertiary/aromatic N) is 2. The van der Waals surface area contributed by atoms with E-state index in [1.165, 1.54) is 11.1 Å². The Labute approximate surface area is 103 Å². The van der Waals surface area contributed by atoms with Gasteiger partial charge >= 0.3 is 6.18 Å². The zero-order valence-corrected chi connectivity index (χ0v) is 10.4. The fraction of sp³-hybridized carbons (Fsp3) is 0.545. The molecule has 96 valence electrons. The molecule has 17 heavy (non-hydrogen) atoms. The predicted molar refractivity (Wildman–Crippen MR) is 62.3 cm³/mol. The molecule has 0 aliphatic heterocycles. The topological polar surface area (TPSA) is 16.1 Å². The zero-order chi connectivity index (χ0) is 13.1. The third kappa shape index (κ3) is 4.07. The van der Waals surface area contributed by atoms with Gasteiger partial charge in [0, 0.05) is 17.8 Å². The fourth-order valence-corrected chi connectivity index (χ4v) is 1.70. The molecule has 0 radical (unpaired) electrons. The first-order valence-electron chi connectivity index (χ1n) is 5.18. The Morgan fingerprint density at radius 2 is 2.06 bits per heavy atom. The lowest BCUT2D eigenvalue weighted by Gasteiger charge is -2.30. The number of alkyl halides is 4. The summed E-state index contributed by atoms with van der Waals surface area (Å²) in [7, 11) is 0. The van der Waals surface area contributed by atoms with Gasteiger partial charge < -0.3 is 4.90 Å². The van der Waals surface area contributed by atoms with Crippen LogP contribution in [0.5, 0.6) is 0 Å². The molecule has 0 N–H and O–H groups in total. The van der Waals surface area contributed by atoms with Crippen molar-refractivity contribution in [3.05, 3.63) is 23.9 Å². The minimum Gasteiger partial charge on any atom is -0.345 e. The molecule has 0 amide bonds. The van der Waals surface area contributed by atoms with Crippen LogP contribution in [0, 0.1) is 0 Å². The van der Waals surface area contributed by atoms with Crippen molar-refractivity contribution in [3.63, 3.8) is 0 Å². The fourth-order valence-electron chi connectivity index (χ4n) is 1.49.